The van der Waals surface area contributed by atoms with Gasteiger partial charge in [-0.3, -0.25) is 0 Å². The van der Waals surface area contributed by atoms with E-state index in [1.165, 1.54) is 4.70 Å². The molecule has 0 amide bonds. The molecule has 1 aliphatic heterocycles. The van der Waals surface area contributed by atoms with Crippen molar-refractivity contribution in [2.45, 2.75) is 0 Å². The predicted molar refractivity (Wildman–Crippen MR) is 73.9 cm³/mol. The molecule has 4 rings (SSSR count). The fourth-order valence-electron chi connectivity index (χ4n) is 2.17. The molecule has 0 bridgehead atoms. The van der Waals surface area contributed by atoms with E-state index in [9.17, 15) is 0 Å². The number of thiazole rings is 1. The number of aromatic nitrogens is 1. The van der Waals surface area contributed by atoms with Crippen molar-refractivity contribution < 1.29 is 4.42 Å². The van der Waals surface area contributed by atoms with Gasteiger partial charge < -0.3 is 4.42 Å². The predicted octanol–water partition coefficient (Wildman–Crippen LogP) is 4.66. The van der Waals surface area contributed by atoms with Crippen LogP contribution in [0.5, 0.6) is 0 Å². The van der Waals surface area contributed by atoms with Crippen molar-refractivity contribution in [2.24, 2.45) is 0 Å². The van der Waals surface area contributed by atoms with Crippen LogP contribution in [0.25, 0.3) is 32.1 Å². The Balaban J connectivity index is 1.97. The van der Waals surface area contributed by atoms with Crippen molar-refractivity contribution in [2.75, 3.05) is 0 Å². The molecule has 3 heteroatoms. The molecule has 0 N–H and O–H groups in total. The lowest BCUT2D eigenvalue weighted by atomic mass is 10.2. The fourth-order valence-corrected chi connectivity index (χ4v) is 3.17. The zero-order chi connectivity index (χ0) is 11.9. The molecule has 0 saturated heterocycles. The first-order valence-corrected chi connectivity index (χ1v) is 6.56. The molecule has 0 atom stereocenters. The van der Waals surface area contributed by atoms with E-state index in [1.807, 2.05) is 30.3 Å². The van der Waals surface area contributed by atoms with Crippen LogP contribution in [0.2, 0.25) is 0 Å². The summed E-state index contributed by atoms with van der Waals surface area (Å²) in [4.78, 5) is 4.68. The lowest BCUT2D eigenvalue weighted by Gasteiger charge is -1.98. The van der Waals surface area contributed by atoms with E-state index in [4.69, 9.17) is 4.42 Å². The maximum atomic E-state index is 5.46. The minimum atomic E-state index is 0.909. The summed E-state index contributed by atoms with van der Waals surface area (Å²) >= 11 is 1.72. The topological polar surface area (TPSA) is 26.0 Å². The molecule has 0 fully saturated rings. The second kappa shape index (κ2) is 3.68. The van der Waals surface area contributed by atoms with Crippen LogP contribution in [0.3, 0.4) is 0 Å². The summed E-state index contributed by atoms with van der Waals surface area (Å²) in [5.41, 5.74) is 3.33. The highest BCUT2D eigenvalue weighted by molar-refractivity contribution is 7.21. The lowest BCUT2D eigenvalue weighted by Crippen LogP contribution is -1.76. The van der Waals surface area contributed by atoms with Gasteiger partial charge in [0.2, 0.25) is 0 Å². The molecule has 0 saturated carbocycles. The van der Waals surface area contributed by atoms with Crippen molar-refractivity contribution in [3.63, 3.8) is 0 Å². The van der Waals surface area contributed by atoms with Crippen LogP contribution in [0.1, 0.15) is 0 Å². The summed E-state index contributed by atoms with van der Waals surface area (Å²) in [5, 5.41) is 1.05. The normalized spacial score (nSPS) is 11.3. The number of benzene rings is 1. The smallest absolute Gasteiger partial charge is 0.134 e. The Bertz CT molecular complexity index is 766. The van der Waals surface area contributed by atoms with Gasteiger partial charge in [0.25, 0.3) is 0 Å². The number of para-hydroxylation sites is 1. The van der Waals surface area contributed by atoms with Crippen LogP contribution < -0.4 is 0 Å². The summed E-state index contributed by atoms with van der Waals surface area (Å²) in [6.07, 6.45) is 1.70. The first kappa shape index (κ1) is 9.85. The van der Waals surface area contributed by atoms with Crippen LogP contribution >= 0.6 is 11.3 Å². The Morgan fingerprint density at radius 3 is 2.78 bits per heavy atom. The van der Waals surface area contributed by atoms with Crippen LogP contribution in [0.4, 0.5) is 0 Å². The molecule has 1 aromatic heterocycles. The molecule has 2 aliphatic rings. The third kappa shape index (κ3) is 1.38. The van der Waals surface area contributed by atoms with E-state index in [0.717, 1.165) is 27.4 Å². The Hall–Kier alpha value is -2.13. The van der Waals surface area contributed by atoms with Crippen molar-refractivity contribution in [1.29, 1.82) is 0 Å². The average molecular weight is 251 g/mol. The highest BCUT2D eigenvalue weighted by Crippen LogP contribution is 2.38. The molecule has 1 aliphatic carbocycles. The minimum Gasteiger partial charge on any atom is -0.464 e. The van der Waals surface area contributed by atoms with E-state index in [0.29, 0.717) is 0 Å². The second-order valence-electron chi connectivity index (χ2n) is 4.12. The summed E-state index contributed by atoms with van der Waals surface area (Å²) in [6, 6.07) is 16.3. The van der Waals surface area contributed by atoms with E-state index in [-0.39, 0.29) is 0 Å². The van der Waals surface area contributed by atoms with Crippen LogP contribution in [0, 0.1) is 0 Å². The number of hydrogen-bond donors (Lipinski definition) is 0. The Kier molecular flexibility index (Phi) is 2.02. The maximum Gasteiger partial charge on any atom is 0.134 e. The third-order valence-electron chi connectivity index (χ3n) is 3.02. The SMILES string of the molecule is c1coc2ccc(-c3nc4ccccc4s3)c-2c1. The molecule has 2 nitrogen and oxygen atoms in total. The van der Waals surface area contributed by atoms with Gasteiger partial charge in [-0.1, -0.05) is 12.1 Å². The van der Waals surface area contributed by atoms with Crippen LogP contribution in [0.15, 0.2) is 59.2 Å². The van der Waals surface area contributed by atoms with E-state index in [2.05, 4.69) is 23.2 Å². The molecular formula is C15H9NOS. The fraction of sp³-hybridized carbons (Fsp3) is 0. The monoisotopic (exact) mass is 251 g/mol. The number of nitrogens with zero attached hydrogens (tertiary/aromatic N) is 1. The molecule has 0 unspecified atom stereocenters. The highest BCUT2D eigenvalue weighted by atomic mass is 32.1. The zero-order valence-corrected chi connectivity index (χ0v) is 10.3. The van der Waals surface area contributed by atoms with Gasteiger partial charge in [0.15, 0.2) is 0 Å². The van der Waals surface area contributed by atoms with Crippen molar-refractivity contribution >= 4 is 21.6 Å². The van der Waals surface area contributed by atoms with Gasteiger partial charge >= 0.3 is 0 Å². The second-order valence-corrected chi connectivity index (χ2v) is 5.16. The van der Waals surface area contributed by atoms with Gasteiger partial charge in [-0.25, -0.2) is 4.98 Å². The summed E-state index contributed by atoms with van der Waals surface area (Å²) in [6.45, 7) is 0. The number of hydrogen-bond acceptors (Lipinski definition) is 3. The zero-order valence-electron chi connectivity index (χ0n) is 9.46. The molecule has 2 aromatic rings. The van der Waals surface area contributed by atoms with Crippen molar-refractivity contribution in [3.8, 4) is 21.9 Å². The van der Waals surface area contributed by atoms with Crippen LogP contribution in [-0.2, 0) is 0 Å². The molecule has 1 aromatic carbocycles. The Morgan fingerprint density at radius 1 is 0.889 bits per heavy atom. The van der Waals surface area contributed by atoms with Gasteiger partial charge in [-0.05, 0) is 36.4 Å². The number of rotatable bonds is 1. The Labute approximate surface area is 108 Å². The van der Waals surface area contributed by atoms with Gasteiger partial charge in [-0.2, -0.15) is 0 Å². The Morgan fingerprint density at radius 2 is 1.83 bits per heavy atom. The van der Waals surface area contributed by atoms with E-state index >= 15 is 0 Å². The maximum absolute atomic E-state index is 5.46. The summed E-state index contributed by atoms with van der Waals surface area (Å²) in [5.74, 6) is 0.909. The van der Waals surface area contributed by atoms with E-state index in [1.54, 1.807) is 17.6 Å². The quantitative estimate of drug-likeness (QED) is 0.491. The first-order valence-electron chi connectivity index (χ1n) is 5.74. The number of fused-ring (bicyclic) bond motifs is 2. The minimum absolute atomic E-state index is 0.909. The van der Waals surface area contributed by atoms with Crippen molar-refractivity contribution in [1.82, 2.24) is 4.98 Å². The first-order chi connectivity index (χ1) is 8.92. The van der Waals surface area contributed by atoms with Crippen molar-refractivity contribution in [3.05, 3.63) is 54.8 Å². The molecule has 86 valence electrons. The molecule has 0 radical (unpaired) electrons. The molecular weight excluding hydrogens is 242 g/mol. The lowest BCUT2D eigenvalue weighted by molar-refractivity contribution is 0.567. The third-order valence-corrected chi connectivity index (χ3v) is 4.09. The average Bonchev–Trinajstić information content (AvgIpc) is 3.02. The summed E-state index contributed by atoms with van der Waals surface area (Å²) in [7, 11) is 0. The molecule has 0 spiro atoms. The van der Waals surface area contributed by atoms with Gasteiger partial charge in [0.05, 0.1) is 16.5 Å². The molecule has 2 heterocycles. The van der Waals surface area contributed by atoms with Crippen LogP contribution in [-0.4, -0.2) is 4.98 Å². The van der Waals surface area contributed by atoms with Gasteiger partial charge in [0.1, 0.15) is 10.8 Å². The standard InChI is InChI=1S/C15H9NOS/c1-2-6-14-12(5-1)16-15(18-14)11-7-8-13-10(11)4-3-9-17-13/h1-9H. The highest BCUT2D eigenvalue weighted by Gasteiger charge is 2.15. The van der Waals surface area contributed by atoms with Gasteiger partial charge in [0, 0.05) is 11.1 Å². The van der Waals surface area contributed by atoms with E-state index < -0.39 is 0 Å². The van der Waals surface area contributed by atoms with Gasteiger partial charge in [-0.15, -0.1) is 11.3 Å². The largest absolute Gasteiger partial charge is 0.464 e. The summed E-state index contributed by atoms with van der Waals surface area (Å²) < 4.78 is 6.68. The molecule has 18 heavy (non-hydrogen) atoms.